The quantitative estimate of drug-likeness (QED) is 0.654. The van der Waals surface area contributed by atoms with E-state index in [4.69, 9.17) is 0 Å². The zero-order chi connectivity index (χ0) is 14.6. The highest BCUT2D eigenvalue weighted by atomic mass is 32.2. The Bertz CT molecular complexity index is 364. The number of hydrogen-bond acceptors (Lipinski definition) is 4. The minimum atomic E-state index is -3.26. The van der Waals surface area contributed by atoms with E-state index in [2.05, 4.69) is 10.0 Å². The van der Waals surface area contributed by atoms with Gasteiger partial charge in [-0.3, -0.25) is 0 Å². The Morgan fingerprint density at radius 3 is 2.21 bits per heavy atom. The second-order valence-electron chi connectivity index (χ2n) is 6.27. The molecule has 2 atom stereocenters. The van der Waals surface area contributed by atoms with Crippen molar-refractivity contribution in [3.8, 4) is 0 Å². The Labute approximate surface area is 118 Å². The van der Waals surface area contributed by atoms with Gasteiger partial charge in [0.2, 0.25) is 10.0 Å². The molecule has 1 aliphatic carbocycles. The van der Waals surface area contributed by atoms with E-state index in [0.29, 0.717) is 12.6 Å². The summed E-state index contributed by atoms with van der Waals surface area (Å²) in [5.74, 6) is 0.278. The molecule has 0 aromatic rings. The van der Waals surface area contributed by atoms with Crippen LogP contribution in [0.15, 0.2) is 0 Å². The lowest BCUT2D eigenvalue weighted by Crippen LogP contribution is -2.49. The Morgan fingerprint density at radius 1 is 1.21 bits per heavy atom. The third-order valence-electron chi connectivity index (χ3n) is 3.48. The van der Waals surface area contributed by atoms with Crippen LogP contribution in [0.2, 0.25) is 0 Å². The summed E-state index contributed by atoms with van der Waals surface area (Å²) in [6.07, 6.45) is 2.35. The number of nitrogens with one attached hydrogen (secondary N) is 2. The molecule has 0 saturated heterocycles. The van der Waals surface area contributed by atoms with Crippen LogP contribution in [0.1, 0.15) is 33.6 Å². The van der Waals surface area contributed by atoms with Gasteiger partial charge in [0, 0.05) is 25.2 Å². The topological polar surface area (TPSA) is 61.4 Å². The van der Waals surface area contributed by atoms with Gasteiger partial charge in [-0.2, -0.15) is 0 Å². The smallest absolute Gasteiger partial charge is 0.215 e. The summed E-state index contributed by atoms with van der Waals surface area (Å²) in [5.41, 5.74) is 0. The van der Waals surface area contributed by atoms with E-state index in [1.807, 2.05) is 32.8 Å². The molecule has 1 fully saturated rings. The summed E-state index contributed by atoms with van der Waals surface area (Å²) in [4.78, 5) is 2.01. The van der Waals surface area contributed by atoms with Crippen LogP contribution in [-0.2, 0) is 10.0 Å². The Balaban J connectivity index is 2.53. The normalized spacial score (nSPS) is 19.9. The average molecular weight is 291 g/mol. The van der Waals surface area contributed by atoms with E-state index >= 15 is 0 Å². The first-order valence-corrected chi connectivity index (χ1v) is 8.66. The van der Waals surface area contributed by atoms with Crippen molar-refractivity contribution in [1.82, 2.24) is 14.9 Å². The third kappa shape index (κ3) is 6.21. The summed E-state index contributed by atoms with van der Waals surface area (Å²) < 4.78 is 27.4. The molecular weight excluding hydrogens is 262 g/mol. The van der Waals surface area contributed by atoms with Crippen LogP contribution in [0.3, 0.4) is 0 Å². The van der Waals surface area contributed by atoms with Crippen molar-refractivity contribution in [2.45, 2.75) is 50.9 Å². The highest BCUT2D eigenvalue weighted by molar-refractivity contribution is 7.90. The average Bonchev–Trinajstić information content (AvgIpc) is 3.07. The van der Waals surface area contributed by atoms with Crippen molar-refractivity contribution in [2.24, 2.45) is 5.92 Å². The number of sulfonamides is 1. The summed E-state index contributed by atoms with van der Waals surface area (Å²) in [5, 5.41) is 2.88. The van der Waals surface area contributed by atoms with E-state index in [1.165, 1.54) is 12.8 Å². The molecule has 0 heterocycles. The Hall–Kier alpha value is -0.170. The van der Waals surface area contributed by atoms with Gasteiger partial charge in [0.1, 0.15) is 0 Å². The molecule has 19 heavy (non-hydrogen) atoms. The summed E-state index contributed by atoms with van der Waals surface area (Å²) in [6, 6.07) is 0.503. The number of likely N-dealkylation sites (N-methyl/N-ethyl adjacent to an activating group) is 1. The summed E-state index contributed by atoms with van der Waals surface area (Å²) in [7, 11) is 0.663. The Morgan fingerprint density at radius 2 is 1.79 bits per heavy atom. The lowest BCUT2D eigenvalue weighted by atomic mass is 10.1. The summed E-state index contributed by atoms with van der Waals surface area (Å²) >= 11 is 0. The SMILES string of the molecule is CC(C)C(CN(C)C)NS(=O)(=O)C(C)CNC1CC1. The standard InChI is InChI=1S/C13H29N3O2S/c1-10(2)13(9-16(4)5)15-19(17,18)11(3)8-14-12-6-7-12/h10-15H,6-9H2,1-5H3. The van der Waals surface area contributed by atoms with E-state index in [1.54, 1.807) is 6.92 Å². The van der Waals surface area contributed by atoms with Crippen molar-refractivity contribution < 1.29 is 8.42 Å². The van der Waals surface area contributed by atoms with Crippen molar-refractivity contribution in [2.75, 3.05) is 27.2 Å². The molecule has 0 spiro atoms. The fourth-order valence-corrected chi connectivity index (χ4v) is 3.15. The molecule has 114 valence electrons. The minimum Gasteiger partial charge on any atom is -0.313 e. The van der Waals surface area contributed by atoms with E-state index in [-0.39, 0.29) is 12.0 Å². The number of rotatable bonds is 9. The molecule has 2 unspecified atom stereocenters. The molecule has 6 heteroatoms. The van der Waals surface area contributed by atoms with Gasteiger partial charge in [-0.1, -0.05) is 13.8 Å². The maximum Gasteiger partial charge on any atom is 0.215 e. The van der Waals surface area contributed by atoms with Gasteiger partial charge in [0.05, 0.1) is 5.25 Å². The van der Waals surface area contributed by atoms with Gasteiger partial charge in [-0.25, -0.2) is 13.1 Å². The highest BCUT2D eigenvalue weighted by Crippen LogP contribution is 2.18. The van der Waals surface area contributed by atoms with Crippen molar-refractivity contribution in [3.63, 3.8) is 0 Å². The van der Waals surface area contributed by atoms with Gasteiger partial charge in [-0.05, 0) is 39.8 Å². The van der Waals surface area contributed by atoms with E-state index in [0.717, 1.165) is 6.54 Å². The zero-order valence-electron chi connectivity index (χ0n) is 12.8. The number of hydrogen-bond donors (Lipinski definition) is 2. The predicted molar refractivity (Wildman–Crippen MR) is 79.7 cm³/mol. The lowest BCUT2D eigenvalue weighted by molar-refractivity contribution is 0.313. The number of nitrogens with zero attached hydrogens (tertiary/aromatic N) is 1. The fraction of sp³-hybridized carbons (Fsp3) is 1.00. The first-order chi connectivity index (χ1) is 8.72. The zero-order valence-corrected chi connectivity index (χ0v) is 13.6. The van der Waals surface area contributed by atoms with E-state index < -0.39 is 15.3 Å². The van der Waals surface area contributed by atoms with Gasteiger partial charge in [-0.15, -0.1) is 0 Å². The highest BCUT2D eigenvalue weighted by Gasteiger charge is 2.28. The van der Waals surface area contributed by atoms with Crippen LogP contribution in [0, 0.1) is 5.92 Å². The molecule has 5 nitrogen and oxygen atoms in total. The van der Waals surface area contributed by atoms with Crippen molar-refractivity contribution in [3.05, 3.63) is 0 Å². The fourth-order valence-electron chi connectivity index (χ4n) is 1.83. The minimum absolute atomic E-state index is 0.0385. The van der Waals surface area contributed by atoms with Crippen molar-refractivity contribution in [1.29, 1.82) is 0 Å². The lowest BCUT2D eigenvalue weighted by Gasteiger charge is -2.27. The first-order valence-electron chi connectivity index (χ1n) is 7.11. The molecule has 1 saturated carbocycles. The molecule has 0 amide bonds. The van der Waals surface area contributed by atoms with Crippen LogP contribution in [0.5, 0.6) is 0 Å². The van der Waals surface area contributed by atoms with Crippen molar-refractivity contribution >= 4 is 10.0 Å². The van der Waals surface area contributed by atoms with Crippen LogP contribution < -0.4 is 10.0 Å². The summed E-state index contributed by atoms with van der Waals surface area (Å²) in [6.45, 7) is 7.12. The third-order valence-corrected chi connectivity index (χ3v) is 5.34. The van der Waals surface area contributed by atoms with Crippen LogP contribution in [-0.4, -0.2) is 57.8 Å². The van der Waals surface area contributed by atoms with Crippen LogP contribution >= 0.6 is 0 Å². The molecule has 0 aromatic carbocycles. The predicted octanol–water partition coefficient (Wildman–Crippen LogP) is 0.633. The maximum absolute atomic E-state index is 12.3. The molecule has 1 aliphatic rings. The molecule has 0 aliphatic heterocycles. The van der Waals surface area contributed by atoms with E-state index in [9.17, 15) is 8.42 Å². The second kappa shape index (κ2) is 7.02. The molecule has 2 N–H and O–H groups in total. The van der Waals surface area contributed by atoms with Gasteiger partial charge in [0.15, 0.2) is 0 Å². The van der Waals surface area contributed by atoms with Gasteiger partial charge in [0.25, 0.3) is 0 Å². The molecule has 0 bridgehead atoms. The molecule has 0 radical (unpaired) electrons. The molecule has 1 rings (SSSR count). The largest absolute Gasteiger partial charge is 0.313 e. The van der Waals surface area contributed by atoms with Crippen LogP contribution in [0.25, 0.3) is 0 Å². The first kappa shape index (κ1) is 16.9. The van der Waals surface area contributed by atoms with Crippen LogP contribution in [0.4, 0.5) is 0 Å². The molecular formula is C13H29N3O2S. The van der Waals surface area contributed by atoms with Gasteiger partial charge >= 0.3 is 0 Å². The monoisotopic (exact) mass is 291 g/mol. The maximum atomic E-state index is 12.3. The van der Waals surface area contributed by atoms with Gasteiger partial charge < -0.3 is 10.2 Å². The molecule has 0 aromatic heterocycles. The second-order valence-corrected chi connectivity index (χ2v) is 8.40. The Kier molecular flexibility index (Phi) is 6.23.